The number of rotatable bonds is 6. The average Bonchev–Trinajstić information content (AvgIpc) is 2.98. The van der Waals surface area contributed by atoms with Crippen molar-refractivity contribution in [1.29, 1.82) is 0 Å². The van der Waals surface area contributed by atoms with Crippen molar-refractivity contribution in [3.63, 3.8) is 0 Å². The van der Waals surface area contributed by atoms with E-state index >= 15 is 0 Å². The molecule has 0 aromatic heterocycles. The summed E-state index contributed by atoms with van der Waals surface area (Å²) >= 11 is 0. The molecule has 3 rings (SSSR count). The summed E-state index contributed by atoms with van der Waals surface area (Å²) in [7, 11) is 0. The van der Waals surface area contributed by atoms with Gasteiger partial charge in [-0.15, -0.1) is 0 Å². The van der Waals surface area contributed by atoms with Gasteiger partial charge in [-0.3, -0.25) is 0 Å². The lowest BCUT2D eigenvalue weighted by molar-refractivity contribution is -0.150. The van der Waals surface area contributed by atoms with E-state index in [2.05, 4.69) is 19.2 Å². The molecule has 2 saturated carbocycles. The van der Waals surface area contributed by atoms with E-state index < -0.39 is 0 Å². The molecule has 4 atom stereocenters. The lowest BCUT2D eigenvalue weighted by atomic mass is 9.55. The van der Waals surface area contributed by atoms with E-state index in [1.165, 1.54) is 44.9 Å². The number of hydrogen-bond acceptors (Lipinski definition) is 3. The van der Waals surface area contributed by atoms with Gasteiger partial charge < -0.3 is 14.8 Å². The highest BCUT2D eigenvalue weighted by molar-refractivity contribution is 5.09. The Morgan fingerprint density at radius 1 is 1.19 bits per heavy atom. The fraction of sp³-hybridized carbons (Fsp3) is 1.00. The van der Waals surface area contributed by atoms with Crippen molar-refractivity contribution in [2.24, 2.45) is 11.3 Å². The Morgan fingerprint density at radius 3 is 2.71 bits per heavy atom. The molecule has 0 aromatic carbocycles. The first-order valence-corrected chi connectivity index (χ1v) is 9.26. The minimum atomic E-state index is 0.454. The summed E-state index contributed by atoms with van der Waals surface area (Å²) in [5, 5.41) is 3.91. The molecule has 1 heterocycles. The minimum Gasteiger partial charge on any atom is -0.378 e. The van der Waals surface area contributed by atoms with E-state index in [1.807, 2.05) is 0 Å². The lowest BCUT2D eigenvalue weighted by Crippen LogP contribution is -2.65. The predicted octanol–water partition coefficient (Wildman–Crippen LogP) is 3.52. The van der Waals surface area contributed by atoms with E-state index in [9.17, 15) is 0 Å². The van der Waals surface area contributed by atoms with Gasteiger partial charge in [0.05, 0.1) is 12.2 Å². The maximum absolute atomic E-state index is 6.05. The first-order chi connectivity index (χ1) is 10.3. The Morgan fingerprint density at radius 2 is 2.00 bits per heavy atom. The fourth-order valence-electron chi connectivity index (χ4n) is 5.02. The number of hydrogen-bond donors (Lipinski definition) is 1. The van der Waals surface area contributed by atoms with Gasteiger partial charge >= 0.3 is 0 Å². The largest absolute Gasteiger partial charge is 0.378 e. The van der Waals surface area contributed by atoms with Crippen LogP contribution in [0.3, 0.4) is 0 Å². The van der Waals surface area contributed by atoms with E-state index in [-0.39, 0.29) is 0 Å². The maximum Gasteiger partial charge on any atom is 0.0661 e. The van der Waals surface area contributed by atoms with E-state index in [0.717, 1.165) is 32.1 Å². The van der Waals surface area contributed by atoms with Gasteiger partial charge in [-0.1, -0.05) is 26.2 Å². The molecule has 0 amide bonds. The van der Waals surface area contributed by atoms with Gasteiger partial charge in [0.15, 0.2) is 0 Å². The van der Waals surface area contributed by atoms with Gasteiger partial charge in [-0.25, -0.2) is 0 Å². The zero-order valence-corrected chi connectivity index (χ0v) is 13.9. The van der Waals surface area contributed by atoms with Gasteiger partial charge in [-0.05, 0) is 44.9 Å². The van der Waals surface area contributed by atoms with Crippen molar-refractivity contribution >= 4 is 0 Å². The molecule has 1 spiro atoms. The highest BCUT2D eigenvalue weighted by Crippen LogP contribution is 2.53. The molecule has 3 fully saturated rings. The second-order valence-corrected chi connectivity index (χ2v) is 7.30. The average molecular weight is 295 g/mol. The summed E-state index contributed by atoms with van der Waals surface area (Å²) in [6, 6.07) is 0.687. The van der Waals surface area contributed by atoms with Gasteiger partial charge in [0.2, 0.25) is 0 Å². The zero-order chi connectivity index (χ0) is 14.7. The monoisotopic (exact) mass is 295 g/mol. The molecule has 0 aromatic rings. The Hall–Kier alpha value is -0.120. The number of nitrogens with one attached hydrogen (secondary N) is 1. The summed E-state index contributed by atoms with van der Waals surface area (Å²) < 4.78 is 11.9. The summed E-state index contributed by atoms with van der Waals surface area (Å²) in [6.45, 7) is 7.36. The van der Waals surface area contributed by atoms with Crippen LogP contribution in [0.15, 0.2) is 0 Å². The van der Waals surface area contributed by atoms with E-state index in [1.54, 1.807) is 0 Å². The normalized spacial score (nSPS) is 38.6. The van der Waals surface area contributed by atoms with Gasteiger partial charge in [0.1, 0.15) is 0 Å². The van der Waals surface area contributed by atoms with Crippen LogP contribution in [0.4, 0.5) is 0 Å². The third-order valence-electron chi connectivity index (χ3n) is 6.31. The van der Waals surface area contributed by atoms with Crippen molar-refractivity contribution in [3.05, 3.63) is 0 Å². The highest BCUT2D eigenvalue weighted by atomic mass is 16.5. The van der Waals surface area contributed by atoms with E-state index in [4.69, 9.17) is 9.47 Å². The standard InChI is InChI=1S/C18H33NO2/c1-3-15-14(8-11-21-15)13-19-16-12-17(20-4-2)18(16)9-6-5-7-10-18/h14-17,19H,3-13H2,1-2H3. The molecule has 1 N–H and O–H groups in total. The lowest BCUT2D eigenvalue weighted by Gasteiger charge is -2.58. The summed E-state index contributed by atoms with van der Waals surface area (Å²) in [5.74, 6) is 0.724. The number of ether oxygens (including phenoxy) is 2. The highest BCUT2D eigenvalue weighted by Gasteiger charge is 2.55. The molecule has 21 heavy (non-hydrogen) atoms. The molecule has 3 aliphatic rings. The molecule has 1 aliphatic heterocycles. The van der Waals surface area contributed by atoms with Gasteiger partial charge in [-0.2, -0.15) is 0 Å². The Labute approximate surface area is 130 Å². The van der Waals surface area contributed by atoms with Crippen molar-refractivity contribution in [1.82, 2.24) is 5.32 Å². The van der Waals surface area contributed by atoms with Crippen LogP contribution in [0.1, 0.15) is 65.2 Å². The fourth-order valence-corrected chi connectivity index (χ4v) is 5.02. The third-order valence-corrected chi connectivity index (χ3v) is 6.31. The van der Waals surface area contributed by atoms with Crippen LogP contribution < -0.4 is 5.32 Å². The molecule has 4 unspecified atom stereocenters. The predicted molar refractivity (Wildman–Crippen MR) is 85.5 cm³/mol. The molecule has 0 radical (unpaired) electrons. The van der Waals surface area contributed by atoms with Crippen LogP contribution in [-0.2, 0) is 9.47 Å². The smallest absolute Gasteiger partial charge is 0.0661 e. The molecule has 2 aliphatic carbocycles. The maximum atomic E-state index is 6.05. The second-order valence-electron chi connectivity index (χ2n) is 7.30. The van der Waals surface area contributed by atoms with Crippen LogP contribution in [-0.4, -0.2) is 38.0 Å². The van der Waals surface area contributed by atoms with Crippen LogP contribution in [0.25, 0.3) is 0 Å². The first-order valence-electron chi connectivity index (χ1n) is 9.26. The van der Waals surface area contributed by atoms with Crippen LogP contribution in [0.2, 0.25) is 0 Å². The quantitative estimate of drug-likeness (QED) is 0.813. The van der Waals surface area contributed by atoms with Crippen LogP contribution in [0, 0.1) is 11.3 Å². The SMILES string of the molecule is CCOC1CC(NCC2CCOC2CC)C12CCCCC2. The van der Waals surface area contributed by atoms with E-state index in [0.29, 0.717) is 23.7 Å². The summed E-state index contributed by atoms with van der Waals surface area (Å²) in [6.07, 6.45) is 11.6. The van der Waals surface area contributed by atoms with Crippen molar-refractivity contribution in [2.75, 3.05) is 19.8 Å². The second kappa shape index (κ2) is 6.97. The topological polar surface area (TPSA) is 30.5 Å². The first kappa shape index (κ1) is 15.8. The van der Waals surface area contributed by atoms with Crippen LogP contribution in [0.5, 0.6) is 0 Å². The van der Waals surface area contributed by atoms with Crippen molar-refractivity contribution in [3.8, 4) is 0 Å². The molecule has 3 heteroatoms. The summed E-state index contributed by atoms with van der Waals surface area (Å²) in [5.41, 5.74) is 0.454. The molecular weight excluding hydrogens is 262 g/mol. The zero-order valence-electron chi connectivity index (χ0n) is 13.9. The molecule has 1 saturated heterocycles. The molecule has 122 valence electrons. The van der Waals surface area contributed by atoms with Crippen molar-refractivity contribution < 1.29 is 9.47 Å². The van der Waals surface area contributed by atoms with Gasteiger partial charge in [0, 0.05) is 31.2 Å². The molecular formula is C18H33NO2. The van der Waals surface area contributed by atoms with Crippen LogP contribution >= 0.6 is 0 Å². The Balaban J connectivity index is 1.55. The summed E-state index contributed by atoms with van der Waals surface area (Å²) in [4.78, 5) is 0. The third kappa shape index (κ3) is 3.02. The molecule has 0 bridgehead atoms. The van der Waals surface area contributed by atoms with Gasteiger partial charge in [0.25, 0.3) is 0 Å². The minimum absolute atomic E-state index is 0.454. The molecule has 3 nitrogen and oxygen atoms in total. The Bertz CT molecular complexity index is 327. The Kier molecular flexibility index (Phi) is 5.23. The van der Waals surface area contributed by atoms with Crippen molar-refractivity contribution in [2.45, 2.75) is 83.5 Å².